The summed E-state index contributed by atoms with van der Waals surface area (Å²) in [5, 5.41) is 0.172. The van der Waals surface area contributed by atoms with Gasteiger partial charge < -0.3 is 0 Å². The van der Waals surface area contributed by atoms with Crippen molar-refractivity contribution in [1.29, 1.82) is 0 Å². The van der Waals surface area contributed by atoms with Crippen LogP contribution in [0.25, 0.3) is 0 Å². The van der Waals surface area contributed by atoms with Gasteiger partial charge in [0.25, 0.3) is 0 Å². The number of hydrogen-bond donors (Lipinski definition) is 0. The van der Waals surface area contributed by atoms with Crippen molar-refractivity contribution in [3.05, 3.63) is 35.4 Å². The number of halogens is 1. The summed E-state index contributed by atoms with van der Waals surface area (Å²) in [5.41, 5.74) is 2.54. The zero-order valence-electron chi connectivity index (χ0n) is 9.26. The molecule has 0 heterocycles. The molecule has 0 N–H and O–H groups in total. The summed E-state index contributed by atoms with van der Waals surface area (Å²) in [7, 11) is 0. The summed E-state index contributed by atoms with van der Waals surface area (Å²) in [6, 6.07) is 8.52. The van der Waals surface area contributed by atoms with Crippen LogP contribution in [0, 0.1) is 12.8 Å². The molecule has 0 spiro atoms. The lowest BCUT2D eigenvalue weighted by molar-refractivity contribution is 0.508. The maximum Gasteiger partial charge on any atom is 0.0587 e. The van der Waals surface area contributed by atoms with Crippen molar-refractivity contribution in [1.82, 2.24) is 0 Å². The molecule has 1 rings (SSSR count). The SMILES string of the molecule is CCC(C)CC(Cl)c1ccc(C)cc1. The maximum atomic E-state index is 6.33. The van der Waals surface area contributed by atoms with Crippen LogP contribution in [0.1, 0.15) is 43.2 Å². The Morgan fingerprint density at radius 3 is 2.29 bits per heavy atom. The monoisotopic (exact) mass is 210 g/mol. The molecule has 0 fully saturated rings. The summed E-state index contributed by atoms with van der Waals surface area (Å²) in [6.45, 7) is 6.56. The Bertz CT molecular complexity index is 263. The van der Waals surface area contributed by atoms with E-state index in [1.807, 2.05) is 0 Å². The van der Waals surface area contributed by atoms with Crippen LogP contribution in [-0.4, -0.2) is 0 Å². The third kappa shape index (κ3) is 3.34. The van der Waals surface area contributed by atoms with Gasteiger partial charge in [0.05, 0.1) is 5.38 Å². The first kappa shape index (κ1) is 11.6. The first-order valence-electron chi connectivity index (χ1n) is 5.34. The zero-order valence-corrected chi connectivity index (χ0v) is 10.0. The minimum atomic E-state index is 0.172. The second kappa shape index (κ2) is 5.41. The maximum absolute atomic E-state index is 6.33. The van der Waals surface area contributed by atoms with Crippen molar-refractivity contribution in [2.24, 2.45) is 5.92 Å². The third-order valence-corrected chi connectivity index (χ3v) is 3.18. The predicted octanol–water partition coefficient (Wildman–Crippen LogP) is 4.71. The second-order valence-electron chi connectivity index (χ2n) is 4.13. The van der Waals surface area contributed by atoms with Crippen molar-refractivity contribution in [3.8, 4) is 0 Å². The molecule has 0 radical (unpaired) electrons. The third-order valence-electron chi connectivity index (χ3n) is 2.75. The van der Waals surface area contributed by atoms with Crippen molar-refractivity contribution in [3.63, 3.8) is 0 Å². The van der Waals surface area contributed by atoms with Crippen LogP contribution in [0.4, 0.5) is 0 Å². The van der Waals surface area contributed by atoms with Crippen LogP contribution in [-0.2, 0) is 0 Å². The molecule has 1 aromatic rings. The molecule has 0 aliphatic heterocycles. The molecule has 0 nitrogen and oxygen atoms in total. The standard InChI is InChI=1S/C13H19Cl/c1-4-10(2)9-13(14)12-7-5-11(3)6-8-12/h5-8,10,13H,4,9H2,1-3H3. The molecule has 0 aromatic heterocycles. The molecule has 1 heteroatoms. The van der Waals surface area contributed by atoms with Crippen LogP contribution in [0.3, 0.4) is 0 Å². The fourth-order valence-corrected chi connectivity index (χ4v) is 1.88. The minimum absolute atomic E-state index is 0.172. The van der Waals surface area contributed by atoms with Crippen LogP contribution in [0.15, 0.2) is 24.3 Å². The number of benzene rings is 1. The predicted molar refractivity (Wildman–Crippen MR) is 63.8 cm³/mol. The number of rotatable bonds is 4. The summed E-state index contributed by atoms with van der Waals surface area (Å²) >= 11 is 6.33. The highest BCUT2D eigenvalue weighted by Crippen LogP contribution is 2.28. The van der Waals surface area contributed by atoms with E-state index in [0.717, 1.165) is 6.42 Å². The lowest BCUT2D eigenvalue weighted by atomic mass is 9.98. The first-order chi connectivity index (χ1) is 6.63. The molecule has 0 aliphatic carbocycles. The number of aryl methyl sites for hydroxylation is 1. The molecule has 78 valence electrons. The fourth-order valence-electron chi connectivity index (χ4n) is 1.43. The van der Waals surface area contributed by atoms with E-state index < -0.39 is 0 Å². The van der Waals surface area contributed by atoms with E-state index in [1.54, 1.807) is 0 Å². The Morgan fingerprint density at radius 1 is 1.21 bits per heavy atom. The molecule has 0 amide bonds. The number of alkyl halides is 1. The van der Waals surface area contributed by atoms with Gasteiger partial charge in [-0.3, -0.25) is 0 Å². The van der Waals surface area contributed by atoms with Crippen molar-refractivity contribution in [2.45, 2.75) is 39.0 Å². The zero-order chi connectivity index (χ0) is 10.6. The van der Waals surface area contributed by atoms with E-state index in [1.165, 1.54) is 17.5 Å². The average Bonchev–Trinajstić information content (AvgIpc) is 2.18. The van der Waals surface area contributed by atoms with Crippen LogP contribution >= 0.6 is 11.6 Å². The van der Waals surface area contributed by atoms with Crippen molar-refractivity contribution < 1.29 is 0 Å². The molecule has 0 bridgehead atoms. The second-order valence-corrected chi connectivity index (χ2v) is 4.65. The van der Waals surface area contributed by atoms with E-state index in [2.05, 4.69) is 45.0 Å². The van der Waals surface area contributed by atoms with E-state index in [-0.39, 0.29) is 5.38 Å². The van der Waals surface area contributed by atoms with Crippen molar-refractivity contribution >= 4 is 11.6 Å². The molecule has 14 heavy (non-hydrogen) atoms. The Balaban J connectivity index is 2.60. The summed E-state index contributed by atoms with van der Waals surface area (Å²) in [6.07, 6.45) is 2.27. The van der Waals surface area contributed by atoms with Gasteiger partial charge >= 0.3 is 0 Å². The van der Waals surface area contributed by atoms with Gasteiger partial charge in [-0.15, -0.1) is 11.6 Å². The van der Waals surface area contributed by atoms with Crippen LogP contribution in [0.2, 0.25) is 0 Å². The Hall–Kier alpha value is -0.490. The largest absolute Gasteiger partial charge is 0.118 e. The summed E-state index contributed by atoms with van der Waals surface area (Å²) < 4.78 is 0. The quantitative estimate of drug-likeness (QED) is 0.632. The van der Waals surface area contributed by atoms with E-state index >= 15 is 0 Å². The van der Waals surface area contributed by atoms with Gasteiger partial charge in [-0.1, -0.05) is 50.1 Å². The van der Waals surface area contributed by atoms with Gasteiger partial charge in [-0.05, 0) is 24.8 Å². The normalized spacial score (nSPS) is 15.1. The molecule has 2 unspecified atom stereocenters. The van der Waals surface area contributed by atoms with Gasteiger partial charge in [0.15, 0.2) is 0 Å². The highest BCUT2D eigenvalue weighted by molar-refractivity contribution is 6.20. The van der Waals surface area contributed by atoms with Gasteiger partial charge in [-0.25, -0.2) is 0 Å². The van der Waals surface area contributed by atoms with E-state index in [4.69, 9.17) is 11.6 Å². The Kier molecular flexibility index (Phi) is 4.47. The summed E-state index contributed by atoms with van der Waals surface area (Å²) in [5.74, 6) is 0.707. The minimum Gasteiger partial charge on any atom is -0.118 e. The summed E-state index contributed by atoms with van der Waals surface area (Å²) in [4.78, 5) is 0. The molecule has 0 saturated heterocycles. The Labute approximate surface area is 92.3 Å². The highest BCUT2D eigenvalue weighted by atomic mass is 35.5. The first-order valence-corrected chi connectivity index (χ1v) is 5.77. The lowest BCUT2D eigenvalue weighted by Gasteiger charge is -2.14. The van der Waals surface area contributed by atoms with Gasteiger partial charge in [0.1, 0.15) is 0 Å². The van der Waals surface area contributed by atoms with E-state index in [9.17, 15) is 0 Å². The van der Waals surface area contributed by atoms with Crippen LogP contribution in [0.5, 0.6) is 0 Å². The van der Waals surface area contributed by atoms with Gasteiger partial charge in [0, 0.05) is 0 Å². The lowest BCUT2D eigenvalue weighted by Crippen LogP contribution is -1.98. The molecule has 0 saturated carbocycles. The molecular weight excluding hydrogens is 192 g/mol. The van der Waals surface area contributed by atoms with Gasteiger partial charge in [-0.2, -0.15) is 0 Å². The Morgan fingerprint density at radius 2 is 1.79 bits per heavy atom. The topological polar surface area (TPSA) is 0 Å². The number of hydrogen-bond acceptors (Lipinski definition) is 0. The van der Waals surface area contributed by atoms with Crippen molar-refractivity contribution in [2.75, 3.05) is 0 Å². The molecule has 1 aromatic carbocycles. The van der Waals surface area contributed by atoms with Gasteiger partial charge in [0.2, 0.25) is 0 Å². The van der Waals surface area contributed by atoms with E-state index in [0.29, 0.717) is 5.92 Å². The fraction of sp³-hybridized carbons (Fsp3) is 0.538. The highest BCUT2D eigenvalue weighted by Gasteiger charge is 2.10. The smallest absolute Gasteiger partial charge is 0.0587 e. The molecular formula is C13H19Cl. The average molecular weight is 211 g/mol. The van der Waals surface area contributed by atoms with Crippen LogP contribution < -0.4 is 0 Å². The molecule has 2 atom stereocenters. The molecule has 0 aliphatic rings.